The van der Waals surface area contributed by atoms with Crippen molar-refractivity contribution < 1.29 is 4.74 Å². The van der Waals surface area contributed by atoms with Crippen molar-refractivity contribution in [3.63, 3.8) is 0 Å². The van der Waals surface area contributed by atoms with Gasteiger partial charge in [0.2, 0.25) is 5.13 Å². The van der Waals surface area contributed by atoms with E-state index in [4.69, 9.17) is 4.74 Å². The summed E-state index contributed by atoms with van der Waals surface area (Å²) in [5.41, 5.74) is 0.833. The van der Waals surface area contributed by atoms with Crippen molar-refractivity contribution in [3.05, 3.63) is 36.0 Å². The number of pyridine rings is 1. The molecule has 0 aromatic carbocycles. The van der Waals surface area contributed by atoms with Crippen LogP contribution in [0, 0.1) is 0 Å². The number of nitrogens with zero attached hydrogens (tertiary/aromatic N) is 5. The summed E-state index contributed by atoms with van der Waals surface area (Å²) in [4.78, 5) is 4.44. The smallest absolute Gasteiger partial charge is 0.203 e. The largest absolute Gasteiger partial charge is 0.384 e. The monoisotopic (exact) mass is 304 g/mol. The molecule has 0 fully saturated rings. The Morgan fingerprint density at radius 3 is 3.14 bits per heavy atom. The van der Waals surface area contributed by atoms with Crippen molar-refractivity contribution >= 4 is 22.3 Å². The molecule has 0 aliphatic heterocycles. The quantitative estimate of drug-likeness (QED) is 0.750. The van der Waals surface area contributed by atoms with E-state index in [0.717, 1.165) is 28.8 Å². The molecule has 1 N–H and O–H groups in total. The Balaban J connectivity index is 1.73. The van der Waals surface area contributed by atoms with Gasteiger partial charge in [0.15, 0.2) is 11.5 Å². The molecule has 0 saturated carbocycles. The number of nitrogens with one attached hydrogen (secondary N) is 1. The first-order chi connectivity index (χ1) is 10.3. The van der Waals surface area contributed by atoms with Gasteiger partial charge in [-0.2, -0.15) is 4.37 Å². The predicted molar refractivity (Wildman–Crippen MR) is 80.5 cm³/mol. The van der Waals surface area contributed by atoms with Crippen LogP contribution in [0.3, 0.4) is 0 Å². The molecular formula is C13H16N6OS. The van der Waals surface area contributed by atoms with E-state index in [1.807, 2.05) is 35.7 Å². The van der Waals surface area contributed by atoms with Crippen molar-refractivity contribution in [3.8, 4) is 0 Å². The van der Waals surface area contributed by atoms with Crippen LogP contribution in [0.15, 0.2) is 24.4 Å². The zero-order valence-electron chi connectivity index (χ0n) is 11.9. The molecule has 0 spiro atoms. The second-order valence-corrected chi connectivity index (χ2v) is 5.36. The number of rotatable bonds is 6. The minimum Gasteiger partial charge on any atom is -0.384 e. The SMILES string of the molecule is COCCc1nsc(NC(C)c2nnc3ccccn23)n1. The molecule has 3 heterocycles. The van der Waals surface area contributed by atoms with Crippen molar-refractivity contribution in [1.82, 2.24) is 24.0 Å². The van der Waals surface area contributed by atoms with Crippen LogP contribution < -0.4 is 5.32 Å². The van der Waals surface area contributed by atoms with E-state index in [1.54, 1.807) is 7.11 Å². The summed E-state index contributed by atoms with van der Waals surface area (Å²) in [5.74, 6) is 1.64. The lowest BCUT2D eigenvalue weighted by atomic mass is 10.3. The highest BCUT2D eigenvalue weighted by molar-refractivity contribution is 7.09. The molecule has 0 saturated heterocycles. The zero-order valence-corrected chi connectivity index (χ0v) is 12.7. The number of aromatic nitrogens is 5. The van der Waals surface area contributed by atoms with Crippen molar-refractivity contribution in [1.29, 1.82) is 0 Å². The number of fused-ring (bicyclic) bond motifs is 1. The predicted octanol–water partition coefficient (Wildman–Crippen LogP) is 1.94. The fraction of sp³-hybridized carbons (Fsp3) is 0.385. The van der Waals surface area contributed by atoms with Gasteiger partial charge in [-0.25, -0.2) is 4.98 Å². The van der Waals surface area contributed by atoms with Crippen LogP contribution in [-0.4, -0.2) is 37.7 Å². The van der Waals surface area contributed by atoms with Crippen LogP contribution in [0.5, 0.6) is 0 Å². The average molecular weight is 304 g/mol. The number of ether oxygens (including phenoxy) is 1. The lowest BCUT2D eigenvalue weighted by molar-refractivity contribution is 0.201. The molecular weight excluding hydrogens is 288 g/mol. The summed E-state index contributed by atoms with van der Waals surface area (Å²) in [6.07, 6.45) is 2.67. The molecule has 0 aliphatic rings. The third kappa shape index (κ3) is 3.01. The Kier molecular flexibility index (Phi) is 4.07. The van der Waals surface area contributed by atoms with E-state index in [-0.39, 0.29) is 6.04 Å². The van der Waals surface area contributed by atoms with Crippen LogP contribution in [-0.2, 0) is 11.2 Å². The molecule has 21 heavy (non-hydrogen) atoms. The van der Waals surface area contributed by atoms with E-state index in [9.17, 15) is 0 Å². The van der Waals surface area contributed by atoms with Crippen LogP contribution in [0.2, 0.25) is 0 Å². The summed E-state index contributed by atoms with van der Waals surface area (Å²) < 4.78 is 11.3. The van der Waals surface area contributed by atoms with Gasteiger partial charge in [-0.05, 0) is 19.1 Å². The number of methoxy groups -OCH3 is 1. The highest BCUT2D eigenvalue weighted by atomic mass is 32.1. The topological polar surface area (TPSA) is 77.2 Å². The van der Waals surface area contributed by atoms with Crippen LogP contribution in [0.25, 0.3) is 5.65 Å². The molecule has 3 aromatic heterocycles. The lowest BCUT2D eigenvalue weighted by Gasteiger charge is -2.10. The summed E-state index contributed by atoms with van der Waals surface area (Å²) in [6, 6.07) is 5.82. The minimum atomic E-state index is -0.00868. The average Bonchev–Trinajstić information content (AvgIpc) is 3.11. The highest BCUT2D eigenvalue weighted by Gasteiger charge is 2.15. The summed E-state index contributed by atoms with van der Waals surface area (Å²) in [6.45, 7) is 2.65. The molecule has 0 radical (unpaired) electrons. The Hall–Kier alpha value is -2.06. The van der Waals surface area contributed by atoms with Crippen molar-refractivity contribution in [2.45, 2.75) is 19.4 Å². The molecule has 110 valence electrons. The second-order valence-electron chi connectivity index (χ2n) is 4.61. The second kappa shape index (κ2) is 6.15. The molecule has 0 bridgehead atoms. The highest BCUT2D eigenvalue weighted by Crippen LogP contribution is 2.20. The normalized spacial score (nSPS) is 12.7. The van der Waals surface area contributed by atoms with Gasteiger partial charge in [0.1, 0.15) is 5.82 Å². The van der Waals surface area contributed by atoms with Gasteiger partial charge in [-0.3, -0.25) is 4.40 Å². The number of anilines is 1. The van der Waals surface area contributed by atoms with Gasteiger partial charge in [-0.15, -0.1) is 10.2 Å². The van der Waals surface area contributed by atoms with E-state index in [0.29, 0.717) is 6.61 Å². The molecule has 7 nitrogen and oxygen atoms in total. The summed E-state index contributed by atoms with van der Waals surface area (Å²) in [7, 11) is 1.67. The first-order valence-electron chi connectivity index (χ1n) is 6.65. The molecule has 0 aliphatic carbocycles. The van der Waals surface area contributed by atoms with E-state index < -0.39 is 0 Å². The van der Waals surface area contributed by atoms with Gasteiger partial charge in [0, 0.05) is 31.3 Å². The third-order valence-electron chi connectivity index (χ3n) is 3.07. The molecule has 8 heteroatoms. The third-order valence-corrected chi connectivity index (χ3v) is 3.75. The van der Waals surface area contributed by atoms with Gasteiger partial charge >= 0.3 is 0 Å². The Labute approximate surface area is 126 Å². The standard InChI is InChI=1S/C13H16N6OS/c1-9(12-17-16-11-5-3-4-7-19(11)12)14-13-15-10(18-21-13)6-8-20-2/h3-5,7,9H,6,8H2,1-2H3,(H,14,15,18). The van der Waals surface area contributed by atoms with E-state index >= 15 is 0 Å². The molecule has 1 unspecified atom stereocenters. The van der Waals surface area contributed by atoms with Crippen molar-refractivity contribution in [2.75, 3.05) is 19.0 Å². The van der Waals surface area contributed by atoms with Gasteiger partial charge < -0.3 is 10.1 Å². The first kappa shape index (κ1) is 13.9. The minimum absolute atomic E-state index is 0.00868. The molecule has 1 atom stereocenters. The Bertz CT molecular complexity index is 724. The Morgan fingerprint density at radius 2 is 2.29 bits per heavy atom. The van der Waals surface area contributed by atoms with Crippen LogP contribution in [0.4, 0.5) is 5.13 Å². The van der Waals surface area contributed by atoms with Crippen LogP contribution >= 0.6 is 11.5 Å². The number of hydrogen-bond donors (Lipinski definition) is 1. The van der Waals surface area contributed by atoms with E-state index in [2.05, 4.69) is 24.9 Å². The molecule has 0 amide bonds. The summed E-state index contributed by atoms with van der Waals surface area (Å²) >= 11 is 1.35. The number of hydrogen-bond acceptors (Lipinski definition) is 7. The van der Waals surface area contributed by atoms with Crippen LogP contribution in [0.1, 0.15) is 24.6 Å². The fourth-order valence-corrected chi connectivity index (χ4v) is 2.71. The fourth-order valence-electron chi connectivity index (χ4n) is 2.01. The van der Waals surface area contributed by atoms with Gasteiger partial charge in [0.05, 0.1) is 12.6 Å². The van der Waals surface area contributed by atoms with Gasteiger partial charge in [0.25, 0.3) is 0 Å². The maximum Gasteiger partial charge on any atom is 0.203 e. The van der Waals surface area contributed by atoms with E-state index in [1.165, 1.54) is 11.5 Å². The maximum atomic E-state index is 5.03. The molecule has 3 rings (SSSR count). The Morgan fingerprint density at radius 1 is 1.38 bits per heavy atom. The lowest BCUT2D eigenvalue weighted by Crippen LogP contribution is -2.10. The van der Waals surface area contributed by atoms with Crippen molar-refractivity contribution in [2.24, 2.45) is 0 Å². The maximum absolute atomic E-state index is 5.03. The van der Waals surface area contributed by atoms with Gasteiger partial charge in [-0.1, -0.05) is 6.07 Å². The first-order valence-corrected chi connectivity index (χ1v) is 7.43. The molecule has 3 aromatic rings. The zero-order chi connectivity index (χ0) is 14.7. The summed E-state index contributed by atoms with van der Waals surface area (Å²) in [5, 5.41) is 12.5.